The Morgan fingerprint density at radius 3 is 2.30 bits per heavy atom. The van der Waals surface area contributed by atoms with E-state index in [0.717, 1.165) is 6.17 Å². The minimum Gasteiger partial charge on any atom is -0.412 e. The Hall–Kier alpha value is -0.643. The Labute approximate surface area is 63.2 Å². The number of rotatable bonds is 2. The molecular weight excluding hydrogens is 142 g/mol. The molecule has 1 rings (SSSR count). The van der Waals surface area contributed by atoms with Crippen molar-refractivity contribution < 1.29 is 5.48 Å². The van der Waals surface area contributed by atoms with Crippen molar-refractivity contribution in [1.82, 2.24) is 0 Å². The van der Waals surface area contributed by atoms with Crippen LogP contribution in [-0.2, 0) is 0 Å². The van der Waals surface area contributed by atoms with E-state index in [2.05, 4.69) is 24.3 Å². The van der Waals surface area contributed by atoms with Gasteiger partial charge < -0.3 is 11.2 Å². The molecule has 0 radical (unpaired) electrons. The molecule has 0 aliphatic carbocycles. The Bertz CT molecular complexity index is 167. The smallest absolute Gasteiger partial charge is 0.0697 e. The van der Waals surface area contributed by atoms with Gasteiger partial charge in [-0.2, -0.15) is 0 Å². The molecule has 0 atom stereocenters. The molecule has 0 aromatic heterocycles. The minimum absolute atomic E-state index is 0. The van der Waals surface area contributed by atoms with Crippen LogP contribution in [-0.4, -0.2) is 21.2 Å². The van der Waals surface area contributed by atoms with Gasteiger partial charge >= 0.3 is 0 Å². The van der Waals surface area contributed by atoms with Gasteiger partial charge in [-0.1, -0.05) is 35.5 Å². The molecule has 3 heteroatoms. The maximum atomic E-state index is 5.42. The van der Waals surface area contributed by atoms with Crippen molar-refractivity contribution in [3.63, 3.8) is 0 Å². The fourth-order valence-corrected chi connectivity index (χ4v) is 1.75. The molecule has 0 aliphatic rings. The van der Waals surface area contributed by atoms with Gasteiger partial charge in [-0.05, 0) is 6.17 Å². The summed E-state index contributed by atoms with van der Waals surface area (Å²) in [5, 5.41) is 1.46. The molecule has 4 N–H and O–H groups in total. The van der Waals surface area contributed by atoms with Crippen molar-refractivity contribution in [2.45, 2.75) is 0 Å². The Kier molecular flexibility index (Phi) is 4.83. The van der Waals surface area contributed by atoms with Crippen LogP contribution in [0.3, 0.4) is 0 Å². The van der Waals surface area contributed by atoms with Gasteiger partial charge in [0.25, 0.3) is 0 Å². The van der Waals surface area contributed by atoms with Gasteiger partial charge in [0, 0.05) is 0 Å². The van der Waals surface area contributed by atoms with Gasteiger partial charge in [0.1, 0.15) is 0 Å². The molecule has 0 spiro atoms. The molecular formula is C7H13NOSi. The normalized spacial score (nSPS) is 9.70. The van der Waals surface area contributed by atoms with Crippen LogP contribution in [0.15, 0.2) is 30.3 Å². The molecule has 0 aliphatic heterocycles. The SMILES string of the molecule is NC[SiH2]c1ccccc1.O. The predicted octanol–water partition coefficient (Wildman–Crippen LogP) is -1.43. The van der Waals surface area contributed by atoms with E-state index >= 15 is 0 Å². The lowest BCUT2D eigenvalue weighted by atomic mass is 10.4. The first-order valence-electron chi connectivity index (χ1n) is 3.17. The molecule has 0 saturated heterocycles. The highest BCUT2D eigenvalue weighted by Crippen LogP contribution is 1.79. The zero-order valence-corrected chi connectivity index (χ0v) is 7.29. The lowest BCUT2D eigenvalue weighted by Crippen LogP contribution is -2.22. The molecule has 1 aromatic carbocycles. The highest BCUT2D eigenvalue weighted by atomic mass is 28.2. The van der Waals surface area contributed by atoms with E-state index in [9.17, 15) is 0 Å². The first-order chi connectivity index (χ1) is 4.43. The molecule has 0 saturated carbocycles. The average molecular weight is 155 g/mol. The molecule has 10 heavy (non-hydrogen) atoms. The van der Waals surface area contributed by atoms with Crippen LogP contribution in [0, 0.1) is 0 Å². The molecule has 0 unspecified atom stereocenters. The zero-order chi connectivity index (χ0) is 6.53. The lowest BCUT2D eigenvalue weighted by molar-refractivity contribution is 0.824. The molecule has 0 amide bonds. The second-order valence-corrected chi connectivity index (χ2v) is 3.92. The monoisotopic (exact) mass is 155 g/mol. The van der Waals surface area contributed by atoms with Crippen molar-refractivity contribution in [3.8, 4) is 0 Å². The topological polar surface area (TPSA) is 57.5 Å². The summed E-state index contributed by atoms with van der Waals surface area (Å²) < 4.78 is 0. The summed E-state index contributed by atoms with van der Waals surface area (Å²) in [6, 6.07) is 10.5. The number of benzene rings is 1. The fraction of sp³-hybridized carbons (Fsp3) is 0.143. The van der Waals surface area contributed by atoms with E-state index < -0.39 is 0 Å². The van der Waals surface area contributed by atoms with Gasteiger partial charge in [0.05, 0.1) is 9.52 Å². The summed E-state index contributed by atoms with van der Waals surface area (Å²) in [4.78, 5) is 0. The van der Waals surface area contributed by atoms with E-state index in [1.54, 1.807) is 0 Å². The van der Waals surface area contributed by atoms with E-state index in [-0.39, 0.29) is 15.0 Å². The summed E-state index contributed by atoms with van der Waals surface area (Å²) in [7, 11) is -0.123. The Balaban J connectivity index is 0.000000810. The summed E-state index contributed by atoms with van der Waals surface area (Å²) in [5.41, 5.74) is 5.42. The van der Waals surface area contributed by atoms with Crippen molar-refractivity contribution >= 4 is 14.7 Å². The van der Waals surface area contributed by atoms with Crippen LogP contribution in [0.2, 0.25) is 0 Å². The lowest BCUT2D eigenvalue weighted by Gasteiger charge is -1.93. The molecule has 0 fully saturated rings. The second kappa shape index (κ2) is 5.17. The third-order valence-electron chi connectivity index (χ3n) is 1.28. The summed E-state index contributed by atoms with van der Waals surface area (Å²) in [5.74, 6) is 0. The van der Waals surface area contributed by atoms with Crippen LogP contribution < -0.4 is 10.9 Å². The van der Waals surface area contributed by atoms with Gasteiger partial charge in [-0.15, -0.1) is 0 Å². The highest BCUT2D eigenvalue weighted by Gasteiger charge is 1.85. The zero-order valence-electron chi connectivity index (χ0n) is 5.88. The molecule has 0 heterocycles. The largest absolute Gasteiger partial charge is 0.412 e. The van der Waals surface area contributed by atoms with E-state index in [1.807, 2.05) is 6.07 Å². The first kappa shape index (κ1) is 9.36. The summed E-state index contributed by atoms with van der Waals surface area (Å²) >= 11 is 0. The number of hydrogen-bond donors (Lipinski definition) is 1. The average Bonchev–Trinajstić information content (AvgIpc) is 1.91. The summed E-state index contributed by atoms with van der Waals surface area (Å²) in [6.07, 6.45) is 0.879. The molecule has 2 nitrogen and oxygen atoms in total. The van der Waals surface area contributed by atoms with Crippen molar-refractivity contribution in [3.05, 3.63) is 30.3 Å². The van der Waals surface area contributed by atoms with E-state index in [4.69, 9.17) is 5.73 Å². The van der Waals surface area contributed by atoms with Gasteiger partial charge in [0.2, 0.25) is 0 Å². The van der Waals surface area contributed by atoms with E-state index in [1.165, 1.54) is 5.19 Å². The fourth-order valence-electron chi connectivity index (χ4n) is 0.811. The van der Waals surface area contributed by atoms with Crippen LogP contribution in [0.25, 0.3) is 0 Å². The van der Waals surface area contributed by atoms with Crippen molar-refractivity contribution in [2.75, 3.05) is 6.17 Å². The Morgan fingerprint density at radius 1 is 1.20 bits per heavy atom. The minimum atomic E-state index is -0.123. The maximum absolute atomic E-state index is 5.42. The molecule has 0 bridgehead atoms. The first-order valence-corrected chi connectivity index (χ1v) is 4.88. The molecule has 1 aromatic rings. The van der Waals surface area contributed by atoms with Gasteiger partial charge in [-0.3, -0.25) is 0 Å². The van der Waals surface area contributed by atoms with Crippen LogP contribution in [0.1, 0.15) is 0 Å². The third kappa shape index (κ3) is 2.77. The predicted molar refractivity (Wildman–Crippen MR) is 47.3 cm³/mol. The van der Waals surface area contributed by atoms with Crippen molar-refractivity contribution in [1.29, 1.82) is 0 Å². The number of hydrogen-bond acceptors (Lipinski definition) is 1. The molecule has 56 valence electrons. The highest BCUT2D eigenvalue weighted by molar-refractivity contribution is 6.53. The van der Waals surface area contributed by atoms with Gasteiger partial charge in [0.15, 0.2) is 0 Å². The van der Waals surface area contributed by atoms with Crippen LogP contribution in [0.4, 0.5) is 0 Å². The maximum Gasteiger partial charge on any atom is 0.0697 e. The standard InChI is InChI=1S/C7H11NSi.H2O/c8-6-9-7-4-2-1-3-5-7;/h1-5H,6,8-9H2;1H2. The van der Waals surface area contributed by atoms with Crippen LogP contribution in [0.5, 0.6) is 0 Å². The van der Waals surface area contributed by atoms with E-state index in [0.29, 0.717) is 0 Å². The third-order valence-corrected chi connectivity index (χ3v) is 2.61. The van der Waals surface area contributed by atoms with Gasteiger partial charge in [-0.25, -0.2) is 0 Å². The summed E-state index contributed by atoms with van der Waals surface area (Å²) in [6.45, 7) is 0. The van der Waals surface area contributed by atoms with Crippen molar-refractivity contribution in [2.24, 2.45) is 5.73 Å². The van der Waals surface area contributed by atoms with Crippen LogP contribution >= 0.6 is 0 Å². The number of nitrogens with two attached hydrogens (primary N) is 1. The Morgan fingerprint density at radius 2 is 1.80 bits per heavy atom. The quantitative estimate of drug-likeness (QED) is 0.523. The second-order valence-electron chi connectivity index (χ2n) is 2.02.